The Kier molecular flexibility index (Phi) is 6.43. The molecule has 156 valence electrons. The molecular formula is C24H28N4OS. The van der Waals surface area contributed by atoms with Crippen molar-refractivity contribution in [1.29, 1.82) is 0 Å². The van der Waals surface area contributed by atoms with Gasteiger partial charge in [-0.05, 0) is 60.6 Å². The van der Waals surface area contributed by atoms with E-state index in [0.29, 0.717) is 29.8 Å². The zero-order valence-corrected chi connectivity index (χ0v) is 18.2. The van der Waals surface area contributed by atoms with Crippen molar-refractivity contribution in [1.82, 2.24) is 20.2 Å². The second-order valence-corrected chi connectivity index (χ2v) is 8.55. The number of pyridine rings is 2. The number of nitrogens with one attached hydrogen (secondary N) is 2. The third-order valence-corrected chi connectivity index (χ3v) is 6.22. The van der Waals surface area contributed by atoms with Crippen LogP contribution in [0.25, 0.3) is 10.9 Å². The molecule has 4 rings (SSSR count). The molecule has 2 N–H and O–H groups in total. The monoisotopic (exact) mass is 420 g/mol. The number of aryl methyl sites for hydroxylation is 1. The fourth-order valence-electron chi connectivity index (χ4n) is 4.18. The van der Waals surface area contributed by atoms with Crippen LogP contribution < -0.4 is 10.9 Å². The fourth-order valence-corrected chi connectivity index (χ4v) is 4.47. The zero-order chi connectivity index (χ0) is 20.9. The molecule has 0 aliphatic heterocycles. The van der Waals surface area contributed by atoms with Gasteiger partial charge in [0, 0.05) is 30.5 Å². The predicted octanol–water partition coefficient (Wildman–Crippen LogP) is 4.44. The molecule has 0 radical (unpaired) electrons. The second-order valence-electron chi connectivity index (χ2n) is 8.16. The van der Waals surface area contributed by atoms with E-state index in [1.807, 2.05) is 49.5 Å². The first kappa shape index (κ1) is 20.5. The number of nitrogens with zero attached hydrogens (tertiary/aromatic N) is 2. The standard InChI is InChI=1S/C24H28N4OS/c1-17-7-5-9-19-13-20(23(29)27-22(17)19)16-28(15-18-8-6-12-25-14-18)24(30)26-21-10-3-2-4-11-21/h5-9,12-14,21H,2-4,10-11,15-16H2,1H3,(H,26,30)(H,27,29). The summed E-state index contributed by atoms with van der Waals surface area (Å²) in [6, 6.07) is 12.4. The third-order valence-electron chi connectivity index (χ3n) is 5.84. The quantitative estimate of drug-likeness (QED) is 0.598. The van der Waals surface area contributed by atoms with Gasteiger partial charge in [-0.1, -0.05) is 43.5 Å². The van der Waals surface area contributed by atoms with Crippen LogP contribution in [0.1, 0.15) is 48.8 Å². The van der Waals surface area contributed by atoms with Crippen LogP contribution in [0.2, 0.25) is 0 Å². The molecule has 1 aliphatic rings. The summed E-state index contributed by atoms with van der Waals surface area (Å²) in [5.74, 6) is 0. The summed E-state index contributed by atoms with van der Waals surface area (Å²) < 4.78 is 0. The van der Waals surface area contributed by atoms with Gasteiger partial charge in [0.25, 0.3) is 5.56 Å². The summed E-state index contributed by atoms with van der Waals surface area (Å²) in [7, 11) is 0. The third kappa shape index (κ3) is 4.87. The highest BCUT2D eigenvalue weighted by atomic mass is 32.1. The number of fused-ring (bicyclic) bond motifs is 1. The van der Waals surface area contributed by atoms with Crippen LogP contribution in [0.5, 0.6) is 0 Å². The van der Waals surface area contributed by atoms with Crippen molar-refractivity contribution in [2.45, 2.75) is 58.2 Å². The molecule has 0 unspecified atom stereocenters. The van der Waals surface area contributed by atoms with Crippen LogP contribution in [0.4, 0.5) is 0 Å². The van der Waals surface area contributed by atoms with Gasteiger partial charge < -0.3 is 15.2 Å². The molecule has 1 aromatic carbocycles. The first-order valence-electron chi connectivity index (χ1n) is 10.7. The molecule has 0 atom stereocenters. The Hall–Kier alpha value is -2.73. The van der Waals surface area contributed by atoms with Gasteiger partial charge in [-0.15, -0.1) is 0 Å². The lowest BCUT2D eigenvalue weighted by molar-refractivity contribution is 0.362. The molecule has 6 heteroatoms. The lowest BCUT2D eigenvalue weighted by Gasteiger charge is -2.31. The van der Waals surface area contributed by atoms with Crippen LogP contribution in [0.3, 0.4) is 0 Å². The molecule has 0 spiro atoms. The Labute approximate surface area is 182 Å². The van der Waals surface area contributed by atoms with Crippen LogP contribution in [-0.2, 0) is 13.1 Å². The van der Waals surface area contributed by atoms with Crippen molar-refractivity contribution in [2.75, 3.05) is 0 Å². The molecule has 0 saturated heterocycles. The van der Waals surface area contributed by atoms with E-state index in [1.165, 1.54) is 19.3 Å². The maximum Gasteiger partial charge on any atom is 0.253 e. The number of para-hydroxylation sites is 1. The smallest absolute Gasteiger partial charge is 0.253 e. The SMILES string of the molecule is Cc1cccc2cc(CN(Cc3cccnc3)C(=S)NC3CCCCC3)c(=O)[nH]c12. The minimum absolute atomic E-state index is 0.0616. The number of rotatable bonds is 5. The molecule has 1 saturated carbocycles. The lowest BCUT2D eigenvalue weighted by atomic mass is 9.96. The largest absolute Gasteiger partial charge is 0.360 e. The highest BCUT2D eigenvalue weighted by Crippen LogP contribution is 2.19. The summed E-state index contributed by atoms with van der Waals surface area (Å²) in [6.45, 7) is 3.07. The Morgan fingerprint density at radius 2 is 2.03 bits per heavy atom. The molecule has 30 heavy (non-hydrogen) atoms. The summed E-state index contributed by atoms with van der Waals surface area (Å²) in [5, 5.41) is 5.29. The number of hydrogen-bond donors (Lipinski definition) is 2. The van der Waals surface area contributed by atoms with E-state index >= 15 is 0 Å². The Bertz CT molecular complexity index is 1070. The maximum atomic E-state index is 12.8. The van der Waals surface area contributed by atoms with Crippen molar-refractivity contribution < 1.29 is 0 Å². The number of thiocarbonyl (C=S) groups is 1. The number of aromatic amines is 1. The van der Waals surface area contributed by atoms with Crippen LogP contribution in [0, 0.1) is 6.92 Å². The molecule has 1 aliphatic carbocycles. The molecule has 1 fully saturated rings. The van der Waals surface area contributed by atoms with Crippen molar-refractivity contribution >= 4 is 28.2 Å². The number of H-pyrrole nitrogens is 1. The topological polar surface area (TPSA) is 61.0 Å². The second kappa shape index (κ2) is 9.39. The first-order valence-corrected chi connectivity index (χ1v) is 11.1. The van der Waals surface area contributed by atoms with Gasteiger partial charge in [-0.25, -0.2) is 0 Å². The Morgan fingerprint density at radius 1 is 1.20 bits per heavy atom. The van der Waals surface area contributed by atoms with E-state index in [2.05, 4.69) is 20.2 Å². The molecule has 2 aromatic heterocycles. The summed E-state index contributed by atoms with van der Waals surface area (Å²) in [4.78, 5) is 22.2. The minimum atomic E-state index is -0.0616. The van der Waals surface area contributed by atoms with Crippen molar-refractivity contribution in [3.8, 4) is 0 Å². The van der Waals surface area contributed by atoms with E-state index in [0.717, 1.165) is 34.9 Å². The van der Waals surface area contributed by atoms with Gasteiger partial charge in [-0.3, -0.25) is 9.78 Å². The van der Waals surface area contributed by atoms with Crippen LogP contribution >= 0.6 is 12.2 Å². The van der Waals surface area contributed by atoms with Gasteiger partial charge >= 0.3 is 0 Å². The molecule has 3 aromatic rings. The number of aromatic nitrogens is 2. The van der Waals surface area contributed by atoms with E-state index in [1.54, 1.807) is 6.20 Å². The normalized spacial score (nSPS) is 14.6. The Morgan fingerprint density at radius 3 is 2.80 bits per heavy atom. The van der Waals surface area contributed by atoms with Gasteiger partial charge in [0.05, 0.1) is 12.1 Å². The highest BCUT2D eigenvalue weighted by molar-refractivity contribution is 7.80. The first-order chi connectivity index (χ1) is 14.6. The molecule has 2 heterocycles. The van der Waals surface area contributed by atoms with E-state index in [9.17, 15) is 4.79 Å². The van der Waals surface area contributed by atoms with E-state index < -0.39 is 0 Å². The maximum absolute atomic E-state index is 12.8. The van der Waals surface area contributed by atoms with Crippen molar-refractivity contribution in [2.24, 2.45) is 0 Å². The highest BCUT2D eigenvalue weighted by Gasteiger charge is 2.19. The molecule has 5 nitrogen and oxygen atoms in total. The van der Waals surface area contributed by atoms with Crippen molar-refractivity contribution in [3.63, 3.8) is 0 Å². The van der Waals surface area contributed by atoms with E-state index in [4.69, 9.17) is 12.2 Å². The average Bonchev–Trinajstić information content (AvgIpc) is 2.76. The number of benzene rings is 1. The summed E-state index contributed by atoms with van der Waals surface area (Å²) >= 11 is 5.80. The number of hydrogen-bond acceptors (Lipinski definition) is 3. The van der Waals surface area contributed by atoms with Crippen LogP contribution in [0.15, 0.2) is 53.6 Å². The summed E-state index contributed by atoms with van der Waals surface area (Å²) in [6.07, 6.45) is 9.70. The van der Waals surface area contributed by atoms with Gasteiger partial charge in [-0.2, -0.15) is 0 Å². The molecule has 0 amide bonds. The molecular weight excluding hydrogens is 392 g/mol. The van der Waals surface area contributed by atoms with Gasteiger partial charge in [0.2, 0.25) is 0 Å². The average molecular weight is 421 g/mol. The van der Waals surface area contributed by atoms with Crippen molar-refractivity contribution in [3.05, 3.63) is 75.8 Å². The minimum Gasteiger partial charge on any atom is -0.360 e. The fraction of sp³-hybridized carbons (Fsp3) is 0.375. The molecule has 0 bridgehead atoms. The lowest BCUT2D eigenvalue weighted by Crippen LogP contribution is -2.45. The van der Waals surface area contributed by atoms with Gasteiger partial charge in [0.1, 0.15) is 0 Å². The summed E-state index contributed by atoms with van der Waals surface area (Å²) in [5.41, 5.74) is 3.68. The van der Waals surface area contributed by atoms with Crippen LogP contribution in [-0.4, -0.2) is 26.0 Å². The predicted molar refractivity (Wildman–Crippen MR) is 125 cm³/mol. The zero-order valence-electron chi connectivity index (χ0n) is 17.4. The Balaban J connectivity index is 1.60. The van der Waals surface area contributed by atoms with E-state index in [-0.39, 0.29) is 5.56 Å². The van der Waals surface area contributed by atoms with Gasteiger partial charge in [0.15, 0.2) is 5.11 Å².